The third-order valence-electron chi connectivity index (χ3n) is 1.19. The van der Waals surface area contributed by atoms with Gasteiger partial charge in [-0.2, -0.15) is 0 Å². The average Bonchev–Trinajstić information content (AvgIpc) is 2.31. The highest BCUT2D eigenvalue weighted by atomic mass is 35.7. The number of hydrogen-bond acceptors (Lipinski definition) is 4. The van der Waals surface area contributed by atoms with Crippen LogP contribution >= 0.6 is 0 Å². The zero-order valence-electron chi connectivity index (χ0n) is 7.34. The van der Waals surface area contributed by atoms with Crippen LogP contribution in [0.1, 0.15) is 6.92 Å². The summed E-state index contributed by atoms with van der Waals surface area (Å²) < 4.78 is 38.1. The molecule has 13 heavy (non-hydrogen) atoms. The van der Waals surface area contributed by atoms with Crippen molar-refractivity contribution in [2.24, 2.45) is 7.05 Å². The average molecular weight is 211 g/mol. The molecule has 0 unspecified atom stereocenters. The van der Waals surface area contributed by atoms with Crippen molar-refractivity contribution in [1.29, 1.82) is 0 Å². The number of halogens is 1. The molecule has 0 fully saturated rings. The van der Waals surface area contributed by atoms with E-state index in [0.29, 0.717) is 0 Å². The van der Waals surface area contributed by atoms with Crippen molar-refractivity contribution >= 4 is 0 Å². The smallest absolute Gasteiger partial charge is 0.240 e. The van der Waals surface area contributed by atoms with Crippen LogP contribution in [0.3, 0.4) is 0 Å². The van der Waals surface area contributed by atoms with Gasteiger partial charge in [-0.3, -0.25) is 0 Å². The fourth-order valence-corrected chi connectivity index (χ4v) is 0.689. The Balaban J connectivity index is 0.000000252. The van der Waals surface area contributed by atoms with Gasteiger partial charge in [-0.1, -0.05) is 0 Å². The van der Waals surface area contributed by atoms with E-state index in [1.807, 2.05) is 17.8 Å². The molecule has 0 aliphatic rings. The number of nitrogens with zero attached hydrogens (tertiary/aromatic N) is 2. The molecule has 0 radical (unpaired) electrons. The molecule has 1 aromatic rings. The predicted molar refractivity (Wildman–Crippen MR) is 31.3 cm³/mol. The van der Waals surface area contributed by atoms with Gasteiger partial charge in [-0.15, -0.1) is 10.2 Å². The Labute approximate surface area is 78.0 Å². The Bertz CT molecular complexity index is 239. The van der Waals surface area contributed by atoms with Crippen molar-refractivity contribution in [2.75, 3.05) is 0 Å². The van der Waals surface area contributed by atoms with Crippen LogP contribution in [0.25, 0.3) is 0 Å². The Morgan fingerprint density at radius 2 is 1.77 bits per heavy atom. The molecule has 0 aliphatic carbocycles. The van der Waals surface area contributed by atoms with Gasteiger partial charge in [0.05, 0.1) is 13.6 Å². The maximum absolute atomic E-state index is 8.49. The van der Waals surface area contributed by atoms with E-state index in [1.54, 1.807) is 0 Å². The van der Waals surface area contributed by atoms with E-state index < -0.39 is 10.2 Å². The zero-order valence-corrected chi connectivity index (χ0v) is 8.10. The van der Waals surface area contributed by atoms with Crippen molar-refractivity contribution in [3.63, 3.8) is 0 Å². The maximum atomic E-state index is 8.49. The number of aromatic nitrogens is 2. The second kappa shape index (κ2) is 5.15. The SMILES string of the molecule is CCn1cc[n+](C)c1.[O-][Cl+3]([O-])([O-])[O-]. The van der Waals surface area contributed by atoms with E-state index in [-0.39, 0.29) is 0 Å². The van der Waals surface area contributed by atoms with Crippen molar-refractivity contribution < 1.29 is 33.4 Å². The summed E-state index contributed by atoms with van der Waals surface area (Å²) in [6.45, 7) is 3.18. The molecule has 0 aromatic carbocycles. The molecule has 0 bridgehead atoms. The van der Waals surface area contributed by atoms with Crippen LogP contribution in [-0.4, -0.2) is 4.57 Å². The van der Waals surface area contributed by atoms with Crippen LogP contribution in [0.5, 0.6) is 0 Å². The summed E-state index contributed by atoms with van der Waals surface area (Å²) >= 11 is 0. The second-order valence-electron chi connectivity index (χ2n) is 2.29. The normalized spacial score (nSPS) is 10.6. The third-order valence-corrected chi connectivity index (χ3v) is 1.19. The van der Waals surface area contributed by atoms with Crippen LogP contribution in [-0.2, 0) is 13.6 Å². The molecule has 76 valence electrons. The van der Waals surface area contributed by atoms with Crippen molar-refractivity contribution in [3.8, 4) is 0 Å². The summed E-state index contributed by atoms with van der Waals surface area (Å²) in [5.74, 6) is 0. The first kappa shape index (κ1) is 12.3. The lowest BCUT2D eigenvalue weighted by molar-refractivity contribution is -2.00. The molecule has 0 saturated heterocycles. The van der Waals surface area contributed by atoms with Crippen LogP contribution in [0.15, 0.2) is 18.7 Å². The highest BCUT2D eigenvalue weighted by molar-refractivity contribution is 4.63. The first-order valence-corrected chi connectivity index (χ1v) is 4.69. The lowest BCUT2D eigenvalue weighted by Crippen LogP contribution is -2.68. The van der Waals surface area contributed by atoms with E-state index in [0.717, 1.165) is 6.54 Å². The topological polar surface area (TPSA) is 101 Å². The van der Waals surface area contributed by atoms with Crippen molar-refractivity contribution in [2.45, 2.75) is 13.5 Å². The van der Waals surface area contributed by atoms with Gasteiger partial charge >= 0.3 is 0 Å². The fourth-order valence-electron chi connectivity index (χ4n) is 0.689. The molecule has 0 spiro atoms. The Hall–Kier alpha value is -0.660. The van der Waals surface area contributed by atoms with Crippen LogP contribution in [0.4, 0.5) is 0 Å². The summed E-state index contributed by atoms with van der Waals surface area (Å²) in [7, 11) is -2.92. The highest BCUT2D eigenvalue weighted by Gasteiger charge is 1.92. The molecule has 0 saturated carbocycles. The summed E-state index contributed by atoms with van der Waals surface area (Å²) in [5.41, 5.74) is 0. The van der Waals surface area contributed by atoms with E-state index in [9.17, 15) is 0 Å². The first-order valence-electron chi connectivity index (χ1n) is 3.45. The molecular weight excluding hydrogens is 200 g/mol. The number of aryl methyl sites for hydroxylation is 2. The minimum Gasteiger partial charge on any atom is -0.240 e. The van der Waals surface area contributed by atoms with E-state index >= 15 is 0 Å². The molecule has 1 heterocycles. The van der Waals surface area contributed by atoms with Gasteiger partial charge in [-0.25, -0.2) is 27.8 Å². The fraction of sp³-hybridized carbons (Fsp3) is 0.500. The molecule has 1 rings (SSSR count). The molecule has 7 heteroatoms. The Morgan fingerprint density at radius 1 is 1.31 bits per heavy atom. The van der Waals surface area contributed by atoms with Crippen LogP contribution in [0.2, 0.25) is 0 Å². The maximum Gasteiger partial charge on any atom is 0.243 e. The Kier molecular flexibility index (Phi) is 4.89. The molecule has 0 atom stereocenters. The standard InChI is InChI=1S/C6H11N2.ClHO4/c1-3-8-5-4-7(2)6-8;2-1(3,4)5/h4-6H,3H2,1-2H3;(H,2,3,4,5)/q+1;/p-1. The van der Waals surface area contributed by atoms with Gasteiger partial charge in [0.2, 0.25) is 6.33 Å². The molecule has 0 N–H and O–H groups in total. The van der Waals surface area contributed by atoms with Crippen molar-refractivity contribution in [3.05, 3.63) is 18.7 Å². The quantitative estimate of drug-likeness (QED) is 0.437. The van der Waals surface area contributed by atoms with Crippen LogP contribution < -0.4 is 23.2 Å². The molecule has 0 amide bonds. The second-order valence-corrected chi connectivity index (χ2v) is 3.04. The van der Waals surface area contributed by atoms with Crippen LogP contribution in [0, 0.1) is 10.2 Å². The van der Waals surface area contributed by atoms with Crippen molar-refractivity contribution in [1.82, 2.24) is 4.57 Å². The molecular formula is C6H11ClN2O4. The molecule has 6 nitrogen and oxygen atoms in total. The largest absolute Gasteiger partial charge is 0.243 e. The Morgan fingerprint density at radius 3 is 1.92 bits per heavy atom. The first-order chi connectivity index (χ1) is 5.83. The van der Waals surface area contributed by atoms with Gasteiger partial charge < -0.3 is 0 Å². The van der Waals surface area contributed by atoms with Gasteiger partial charge in [0, 0.05) is 0 Å². The van der Waals surface area contributed by atoms with Gasteiger partial charge in [0.15, 0.2) is 0 Å². The highest BCUT2D eigenvalue weighted by Crippen LogP contribution is 1.79. The van der Waals surface area contributed by atoms with Gasteiger partial charge in [0.25, 0.3) is 0 Å². The third kappa shape index (κ3) is 9.25. The summed E-state index contributed by atoms with van der Waals surface area (Å²) in [5, 5.41) is 0. The van der Waals surface area contributed by atoms with E-state index in [4.69, 9.17) is 18.6 Å². The van der Waals surface area contributed by atoms with Gasteiger partial charge in [-0.05, 0) is 6.92 Å². The summed E-state index contributed by atoms with van der Waals surface area (Å²) in [6, 6.07) is 0. The summed E-state index contributed by atoms with van der Waals surface area (Å²) in [6.07, 6.45) is 6.14. The molecule has 1 aromatic heterocycles. The summed E-state index contributed by atoms with van der Waals surface area (Å²) in [4.78, 5) is 0. The van der Waals surface area contributed by atoms with Gasteiger partial charge in [0.1, 0.15) is 12.4 Å². The van der Waals surface area contributed by atoms with E-state index in [1.165, 1.54) is 0 Å². The predicted octanol–water partition coefficient (Wildman–Crippen LogP) is -4.42. The minimum atomic E-state index is -4.94. The zero-order chi connectivity index (χ0) is 10.5. The number of imidazole rings is 1. The monoisotopic (exact) mass is 210 g/mol. The van der Waals surface area contributed by atoms with E-state index in [2.05, 4.69) is 24.0 Å². The lowest BCUT2D eigenvalue weighted by atomic mass is 10.7. The molecule has 0 aliphatic heterocycles. The number of rotatable bonds is 1. The number of hydrogen-bond donors (Lipinski definition) is 0. The lowest BCUT2D eigenvalue weighted by Gasteiger charge is -2.17. The minimum absolute atomic E-state index is 1.06.